The number of carbonyl (C=O) groups excluding carboxylic acids is 1. The number of nitrogens with one attached hydrogen (secondary N) is 2. The third kappa shape index (κ3) is 12.4. The van der Waals surface area contributed by atoms with E-state index in [2.05, 4.69) is 14.8 Å². The highest BCUT2D eigenvalue weighted by Gasteiger charge is 1.98. The van der Waals surface area contributed by atoms with E-state index in [0.717, 1.165) is 0 Å². The number of azide groups is 1. The van der Waals surface area contributed by atoms with Gasteiger partial charge in [-0.1, -0.05) is 5.11 Å². The Morgan fingerprint density at radius 2 is 1.88 bits per heavy atom. The summed E-state index contributed by atoms with van der Waals surface area (Å²) in [4.78, 5) is 13.3. The molecule has 0 rings (SSSR count). The van der Waals surface area contributed by atoms with Crippen LogP contribution in [0.5, 0.6) is 0 Å². The van der Waals surface area contributed by atoms with Gasteiger partial charge in [-0.05, 0) is 5.53 Å². The fourth-order valence-corrected chi connectivity index (χ4v) is 0.760. The molecule has 10 nitrogen and oxygen atoms in total. The summed E-state index contributed by atoms with van der Waals surface area (Å²) in [6.07, 6.45) is -0.679. The van der Waals surface area contributed by atoms with Gasteiger partial charge in [0.05, 0.1) is 26.4 Å². The second-order valence-corrected chi connectivity index (χ2v) is 2.58. The normalized spacial score (nSPS) is 9.47. The van der Waals surface area contributed by atoms with Gasteiger partial charge in [0.2, 0.25) is 0 Å². The minimum Gasteiger partial charge on any atom is -0.446 e. The molecule has 0 aliphatic heterocycles. The minimum atomic E-state index is -0.679. The highest BCUT2D eigenvalue weighted by molar-refractivity contribution is 5.66. The van der Waals surface area contributed by atoms with Gasteiger partial charge in [-0.2, -0.15) is 5.53 Å². The van der Waals surface area contributed by atoms with Crippen LogP contribution < -0.4 is 16.8 Å². The molecular formula is C7H16N6O4. The van der Waals surface area contributed by atoms with Crippen LogP contribution in [0.15, 0.2) is 5.11 Å². The van der Waals surface area contributed by atoms with Crippen molar-refractivity contribution in [2.45, 2.75) is 0 Å². The molecule has 0 aromatic rings. The molecule has 0 radical (unpaired) electrons. The first-order valence-corrected chi connectivity index (χ1v) is 4.86. The van der Waals surface area contributed by atoms with Gasteiger partial charge in [0.15, 0.2) is 0 Å². The van der Waals surface area contributed by atoms with Crippen LogP contribution in [-0.2, 0) is 14.2 Å². The molecule has 98 valence electrons. The van der Waals surface area contributed by atoms with Crippen molar-refractivity contribution in [3.05, 3.63) is 10.4 Å². The first-order chi connectivity index (χ1) is 8.31. The van der Waals surface area contributed by atoms with Crippen LogP contribution in [0.25, 0.3) is 10.4 Å². The molecule has 0 aliphatic rings. The van der Waals surface area contributed by atoms with Gasteiger partial charge in [0, 0.05) is 11.5 Å². The van der Waals surface area contributed by atoms with Gasteiger partial charge in [0.1, 0.15) is 6.61 Å². The summed E-state index contributed by atoms with van der Waals surface area (Å²) >= 11 is 0. The van der Waals surface area contributed by atoms with Crippen molar-refractivity contribution in [3.8, 4) is 0 Å². The highest BCUT2D eigenvalue weighted by Crippen LogP contribution is 1.82. The van der Waals surface area contributed by atoms with Crippen molar-refractivity contribution in [3.63, 3.8) is 0 Å². The average Bonchev–Trinajstić information content (AvgIpc) is 2.32. The van der Waals surface area contributed by atoms with Gasteiger partial charge in [0.25, 0.3) is 0 Å². The van der Waals surface area contributed by atoms with Crippen molar-refractivity contribution in [2.75, 3.05) is 39.6 Å². The number of nitrogens with zero attached hydrogens (tertiary/aromatic N) is 3. The number of nitrogens with two attached hydrogens (primary N) is 1. The zero-order valence-corrected chi connectivity index (χ0v) is 9.29. The molecule has 17 heavy (non-hydrogen) atoms. The van der Waals surface area contributed by atoms with E-state index >= 15 is 0 Å². The number of carbonyl (C=O) groups is 1. The average molecular weight is 248 g/mol. The van der Waals surface area contributed by atoms with Gasteiger partial charge < -0.3 is 14.2 Å². The number of rotatable bonds is 10. The molecule has 4 N–H and O–H groups in total. The van der Waals surface area contributed by atoms with E-state index in [4.69, 9.17) is 20.8 Å². The summed E-state index contributed by atoms with van der Waals surface area (Å²) < 4.78 is 14.8. The second-order valence-electron chi connectivity index (χ2n) is 2.58. The largest absolute Gasteiger partial charge is 0.446 e. The standard InChI is InChI=1S/C7H16N6O4/c8-12-10-1-2-15-3-4-16-5-6-17-7(14)11-13-9/h13H,1-6,9H2,(H,11,14). The van der Waals surface area contributed by atoms with Crippen LogP contribution in [0.3, 0.4) is 0 Å². The zero-order valence-electron chi connectivity index (χ0n) is 9.29. The Morgan fingerprint density at radius 1 is 1.24 bits per heavy atom. The lowest BCUT2D eigenvalue weighted by Gasteiger charge is -2.06. The molecule has 0 spiro atoms. The number of ether oxygens (including phenoxy) is 3. The summed E-state index contributed by atoms with van der Waals surface area (Å²) in [7, 11) is 0. The molecular weight excluding hydrogens is 232 g/mol. The maximum Gasteiger partial charge on any atom is 0.422 e. The molecule has 0 fully saturated rings. The second kappa shape index (κ2) is 12.5. The van der Waals surface area contributed by atoms with Crippen LogP contribution >= 0.6 is 0 Å². The first kappa shape index (κ1) is 15.4. The Balaban J connectivity index is 3.08. The number of amides is 1. The first-order valence-electron chi connectivity index (χ1n) is 4.86. The summed E-state index contributed by atoms with van der Waals surface area (Å²) in [5.41, 5.74) is 11.9. The maximum absolute atomic E-state index is 10.7. The molecule has 0 aliphatic carbocycles. The lowest BCUT2D eigenvalue weighted by Crippen LogP contribution is -2.42. The maximum atomic E-state index is 10.7. The summed E-state index contributed by atoms with van der Waals surface area (Å²) in [5.74, 6) is 4.81. The van der Waals surface area contributed by atoms with Gasteiger partial charge >= 0.3 is 6.09 Å². The van der Waals surface area contributed by atoms with Crippen molar-refractivity contribution in [2.24, 2.45) is 11.0 Å². The molecule has 0 saturated heterocycles. The van der Waals surface area contributed by atoms with Crippen molar-refractivity contribution in [1.29, 1.82) is 0 Å². The van der Waals surface area contributed by atoms with E-state index in [0.29, 0.717) is 26.4 Å². The molecule has 1 amide bonds. The minimum absolute atomic E-state index is 0.117. The van der Waals surface area contributed by atoms with Crippen molar-refractivity contribution in [1.82, 2.24) is 11.0 Å². The lowest BCUT2D eigenvalue weighted by atomic mass is 10.7. The van der Waals surface area contributed by atoms with Crippen LogP contribution in [0, 0.1) is 0 Å². The Bertz CT molecular complexity index is 245. The molecule has 0 bridgehead atoms. The Kier molecular flexibility index (Phi) is 11.3. The number of hydrazine groups is 2. The lowest BCUT2D eigenvalue weighted by molar-refractivity contribution is 0.0296. The van der Waals surface area contributed by atoms with Gasteiger partial charge in [-0.25, -0.2) is 10.2 Å². The predicted molar refractivity (Wildman–Crippen MR) is 57.5 cm³/mol. The van der Waals surface area contributed by atoms with Crippen LogP contribution in [-0.4, -0.2) is 45.7 Å². The SMILES string of the molecule is [N-]=[N+]=NCCOCCOCCOC(=O)NNN. The van der Waals surface area contributed by atoms with E-state index in [1.165, 1.54) is 0 Å². The van der Waals surface area contributed by atoms with Crippen molar-refractivity contribution < 1.29 is 19.0 Å². The summed E-state index contributed by atoms with van der Waals surface area (Å²) in [5, 5.41) is 3.29. The topological polar surface area (TPSA) is 144 Å². The van der Waals surface area contributed by atoms with Crippen LogP contribution in [0.4, 0.5) is 4.79 Å². The third-order valence-corrected chi connectivity index (χ3v) is 1.41. The van der Waals surface area contributed by atoms with Gasteiger partial charge in [-0.3, -0.25) is 5.84 Å². The Labute approximate surface area is 97.9 Å². The molecule has 10 heteroatoms. The molecule has 0 aromatic heterocycles. The van der Waals surface area contributed by atoms with E-state index in [1.807, 2.05) is 11.0 Å². The van der Waals surface area contributed by atoms with E-state index in [-0.39, 0.29) is 13.2 Å². The third-order valence-electron chi connectivity index (χ3n) is 1.41. The van der Waals surface area contributed by atoms with Gasteiger partial charge in [-0.15, -0.1) is 0 Å². The van der Waals surface area contributed by atoms with E-state index < -0.39 is 6.09 Å². The predicted octanol–water partition coefficient (Wildman–Crippen LogP) is -0.566. The molecule has 0 aromatic carbocycles. The Morgan fingerprint density at radius 3 is 2.53 bits per heavy atom. The molecule has 0 unspecified atom stereocenters. The fraction of sp³-hybridized carbons (Fsp3) is 0.857. The highest BCUT2D eigenvalue weighted by atomic mass is 16.6. The van der Waals surface area contributed by atoms with Crippen molar-refractivity contribution >= 4 is 6.09 Å². The summed E-state index contributed by atoms with van der Waals surface area (Å²) in [6, 6.07) is 0. The fourth-order valence-electron chi connectivity index (χ4n) is 0.760. The Hall–Kier alpha value is -1.58. The number of hydrogen-bond acceptors (Lipinski definition) is 7. The smallest absolute Gasteiger partial charge is 0.422 e. The summed E-state index contributed by atoms with van der Waals surface area (Å²) in [6.45, 7) is 1.79. The monoisotopic (exact) mass is 248 g/mol. The van der Waals surface area contributed by atoms with Crippen LogP contribution in [0.2, 0.25) is 0 Å². The molecule has 0 atom stereocenters. The van der Waals surface area contributed by atoms with Crippen LogP contribution in [0.1, 0.15) is 0 Å². The van der Waals surface area contributed by atoms with E-state index in [1.54, 1.807) is 0 Å². The van der Waals surface area contributed by atoms with E-state index in [9.17, 15) is 4.79 Å². The molecule has 0 heterocycles. The number of hydrogen-bond donors (Lipinski definition) is 3. The molecule has 0 saturated carbocycles. The zero-order chi connectivity index (χ0) is 12.8. The quantitative estimate of drug-likeness (QED) is 0.118.